The molecule has 43 heavy (non-hydrogen) atoms. The third kappa shape index (κ3) is 4.67. The second kappa shape index (κ2) is 10.5. The summed E-state index contributed by atoms with van der Waals surface area (Å²) in [6.45, 7) is 0. The number of benzene rings is 4. The highest BCUT2D eigenvalue weighted by Crippen LogP contribution is 2.40. The molecule has 1 aliphatic rings. The highest BCUT2D eigenvalue weighted by molar-refractivity contribution is 5.83. The number of hydrogen-bond acceptors (Lipinski definition) is 5. The summed E-state index contributed by atoms with van der Waals surface area (Å²) in [5.74, 6) is 1.96. The Morgan fingerprint density at radius 2 is 1.05 bits per heavy atom. The van der Waals surface area contributed by atoms with Gasteiger partial charge in [-0.1, -0.05) is 103 Å². The molecule has 0 atom stereocenters. The van der Waals surface area contributed by atoms with Crippen molar-refractivity contribution in [2.75, 3.05) is 0 Å². The Morgan fingerprint density at radius 1 is 0.442 bits per heavy atom. The van der Waals surface area contributed by atoms with Crippen molar-refractivity contribution in [1.29, 1.82) is 0 Å². The summed E-state index contributed by atoms with van der Waals surface area (Å²) in [5.41, 5.74) is 12.2. The molecule has 1 aliphatic carbocycles. The third-order valence-corrected chi connectivity index (χ3v) is 7.94. The Kier molecular flexibility index (Phi) is 6.12. The van der Waals surface area contributed by atoms with Gasteiger partial charge in [-0.3, -0.25) is 9.97 Å². The highest BCUT2D eigenvalue weighted by atomic mass is 15.0. The van der Waals surface area contributed by atoms with Crippen LogP contribution in [0.3, 0.4) is 0 Å². The standard InChI is InChI=1S/C38H25N5/c1-3-8-27(9-4-1)36-41-37(28-10-5-2-6-11-28)43-38(42-36)31-13-7-12-29(22-31)25-14-16-26(17-15-25)32-19-21-40-35-33(32)23-30-18-20-39-24-34(30)35/h1-22,24H,23H2. The van der Waals surface area contributed by atoms with Crippen LogP contribution in [0.15, 0.2) is 140 Å². The maximum absolute atomic E-state index is 4.91. The lowest BCUT2D eigenvalue weighted by Crippen LogP contribution is -2.00. The van der Waals surface area contributed by atoms with Crippen molar-refractivity contribution in [2.45, 2.75) is 6.42 Å². The zero-order chi connectivity index (χ0) is 28.6. The molecule has 3 heterocycles. The van der Waals surface area contributed by atoms with Gasteiger partial charge in [0, 0.05) is 47.3 Å². The fraction of sp³-hybridized carbons (Fsp3) is 0.0263. The molecule has 0 saturated heterocycles. The molecule has 0 amide bonds. The van der Waals surface area contributed by atoms with Gasteiger partial charge in [0.2, 0.25) is 0 Å². The number of rotatable bonds is 5. The van der Waals surface area contributed by atoms with Crippen molar-refractivity contribution in [1.82, 2.24) is 24.9 Å². The first-order valence-electron chi connectivity index (χ1n) is 14.3. The van der Waals surface area contributed by atoms with E-state index in [0.717, 1.165) is 45.5 Å². The summed E-state index contributed by atoms with van der Waals surface area (Å²) < 4.78 is 0. The molecule has 0 unspecified atom stereocenters. The van der Waals surface area contributed by atoms with E-state index in [1.54, 1.807) is 0 Å². The predicted octanol–water partition coefficient (Wildman–Crippen LogP) is 8.57. The minimum absolute atomic E-state index is 0.646. The van der Waals surface area contributed by atoms with Gasteiger partial charge in [-0.25, -0.2) is 15.0 Å². The maximum Gasteiger partial charge on any atom is 0.164 e. The summed E-state index contributed by atoms with van der Waals surface area (Å²) >= 11 is 0. The van der Waals surface area contributed by atoms with Gasteiger partial charge in [-0.15, -0.1) is 0 Å². The van der Waals surface area contributed by atoms with Crippen molar-refractivity contribution < 1.29 is 0 Å². The van der Waals surface area contributed by atoms with Gasteiger partial charge < -0.3 is 0 Å². The summed E-state index contributed by atoms with van der Waals surface area (Å²) in [5, 5.41) is 0. The van der Waals surface area contributed by atoms with Crippen LogP contribution in [0.2, 0.25) is 0 Å². The average Bonchev–Trinajstić information content (AvgIpc) is 3.48. The minimum Gasteiger partial charge on any atom is -0.264 e. The van der Waals surface area contributed by atoms with E-state index in [0.29, 0.717) is 17.5 Å². The molecule has 0 bridgehead atoms. The van der Waals surface area contributed by atoms with Crippen LogP contribution in [-0.4, -0.2) is 24.9 Å². The van der Waals surface area contributed by atoms with Gasteiger partial charge in [-0.05, 0) is 51.6 Å². The molecule has 0 spiro atoms. The maximum atomic E-state index is 4.91. The normalized spacial score (nSPS) is 11.6. The molecular weight excluding hydrogens is 526 g/mol. The van der Waals surface area contributed by atoms with Crippen molar-refractivity contribution >= 4 is 0 Å². The van der Waals surface area contributed by atoms with E-state index < -0.39 is 0 Å². The zero-order valence-electron chi connectivity index (χ0n) is 23.2. The van der Waals surface area contributed by atoms with Gasteiger partial charge in [0.05, 0.1) is 5.69 Å². The smallest absolute Gasteiger partial charge is 0.164 e. The number of nitrogens with zero attached hydrogens (tertiary/aromatic N) is 5. The molecule has 0 fully saturated rings. The van der Waals surface area contributed by atoms with Gasteiger partial charge in [0.25, 0.3) is 0 Å². The Morgan fingerprint density at radius 3 is 1.74 bits per heavy atom. The molecular formula is C38H25N5. The van der Waals surface area contributed by atoms with Crippen LogP contribution < -0.4 is 0 Å². The molecule has 0 saturated carbocycles. The molecule has 5 heteroatoms. The monoisotopic (exact) mass is 551 g/mol. The van der Waals surface area contributed by atoms with E-state index in [4.69, 9.17) is 15.0 Å². The fourth-order valence-corrected chi connectivity index (χ4v) is 5.77. The van der Waals surface area contributed by atoms with Crippen LogP contribution >= 0.6 is 0 Å². The zero-order valence-corrected chi connectivity index (χ0v) is 23.2. The minimum atomic E-state index is 0.646. The average molecular weight is 552 g/mol. The molecule has 0 N–H and O–H groups in total. The van der Waals surface area contributed by atoms with Crippen molar-refractivity contribution in [3.8, 4) is 67.7 Å². The molecule has 202 valence electrons. The summed E-state index contributed by atoms with van der Waals surface area (Å²) in [7, 11) is 0. The number of pyridine rings is 2. The first-order valence-corrected chi connectivity index (χ1v) is 14.3. The lowest BCUT2D eigenvalue weighted by Gasteiger charge is -2.11. The third-order valence-electron chi connectivity index (χ3n) is 7.94. The van der Waals surface area contributed by atoms with Crippen LogP contribution in [0.5, 0.6) is 0 Å². The molecule has 8 rings (SSSR count). The quantitative estimate of drug-likeness (QED) is 0.214. The van der Waals surface area contributed by atoms with Crippen LogP contribution in [0.4, 0.5) is 0 Å². The van der Waals surface area contributed by atoms with E-state index in [1.165, 1.54) is 22.3 Å². The first kappa shape index (κ1) is 24.9. The topological polar surface area (TPSA) is 64.5 Å². The van der Waals surface area contributed by atoms with Crippen molar-refractivity contribution in [3.63, 3.8) is 0 Å². The molecule has 3 aromatic heterocycles. The molecule has 7 aromatic rings. The molecule has 4 aromatic carbocycles. The highest BCUT2D eigenvalue weighted by Gasteiger charge is 2.23. The Labute approximate surface area is 249 Å². The molecule has 0 aliphatic heterocycles. The van der Waals surface area contributed by atoms with E-state index in [-0.39, 0.29) is 0 Å². The van der Waals surface area contributed by atoms with Gasteiger partial charge in [0.15, 0.2) is 17.5 Å². The molecule has 0 radical (unpaired) electrons. The van der Waals surface area contributed by atoms with E-state index in [2.05, 4.69) is 70.6 Å². The van der Waals surface area contributed by atoms with Crippen molar-refractivity contribution in [2.24, 2.45) is 0 Å². The number of hydrogen-bond donors (Lipinski definition) is 0. The lowest BCUT2D eigenvalue weighted by molar-refractivity contribution is 1.07. The first-order chi connectivity index (χ1) is 21.3. The van der Waals surface area contributed by atoms with Crippen molar-refractivity contribution in [3.05, 3.63) is 151 Å². The summed E-state index contributed by atoms with van der Waals surface area (Å²) in [4.78, 5) is 23.6. The lowest BCUT2D eigenvalue weighted by atomic mass is 9.96. The Bertz CT molecular complexity index is 2030. The van der Waals surface area contributed by atoms with Crippen LogP contribution in [-0.2, 0) is 6.42 Å². The largest absolute Gasteiger partial charge is 0.264 e. The second-order valence-corrected chi connectivity index (χ2v) is 10.6. The second-order valence-electron chi connectivity index (χ2n) is 10.6. The SMILES string of the molecule is c1ccc(-c2nc(-c3ccccc3)nc(-c3cccc(-c4ccc(-c5ccnc6c5Cc5ccncc5-6)cc4)c3)n2)cc1. The molecule has 5 nitrogen and oxygen atoms in total. The predicted molar refractivity (Wildman–Crippen MR) is 171 cm³/mol. The number of aromatic nitrogens is 5. The van der Waals surface area contributed by atoms with Gasteiger partial charge >= 0.3 is 0 Å². The Balaban J connectivity index is 1.15. The van der Waals surface area contributed by atoms with Crippen LogP contribution in [0.25, 0.3) is 67.7 Å². The summed E-state index contributed by atoms with van der Waals surface area (Å²) in [6.07, 6.45) is 6.55. The van der Waals surface area contributed by atoms with Crippen LogP contribution in [0, 0.1) is 0 Å². The summed E-state index contributed by atoms with van der Waals surface area (Å²) in [6, 6.07) is 41.5. The fourth-order valence-electron chi connectivity index (χ4n) is 5.77. The van der Waals surface area contributed by atoms with E-state index in [1.807, 2.05) is 79.3 Å². The van der Waals surface area contributed by atoms with Gasteiger partial charge in [-0.2, -0.15) is 0 Å². The van der Waals surface area contributed by atoms with Gasteiger partial charge in [0.1, 0.15) is 0 Å². The van der Waals surface area contributed by atoms with Crippen LogP contribution in [0.1, 0.15) is 11.1 Å². The van der Waals surface area contributed by atoms with E-state index >= 15 is 0 Å². The number of fused-ring (bicyclic) bond motifs is 3. The van der Waals surface area contributed by atoms with E-state index in [9.17, 15) is 0 Å². The Hall–Kier alpha value is -5.81.